The average molecular weight is 800 g/mol. The molecule has 57 heavy (non-hydrogen) atoms. The number of primary amides is 1. The number of nitrogens with one attached hydrogen (secondary N) is 3. The Hall–Kier alpha value is -6.38. The molecule has 2 aromatic carbocycles. The SMILES string of the molecule is CCn1nc(C)cc1C(=O)Nc1nc2cc(S(N)(=O)=O)ccc2n1C/C=C/Cn1c(NC(=O)c2cc(C)nn2CC)nc2cc(C(N)=O)cc(OCCCNC)c21. The molecule has 0 unspecified atom stereocenters. The van der Waals surface area contributed by atoms with Crippen LogP contribution in [0.2, 0.25) is 0 Å². The summed E-state index contributed by atoms with van der Waals surface area (Å²) in [4.78, 5) is 48.7. The zero-order valence-corrected chi connectivity index (χ0v) is 33.1. The average Bonchev–Trinajstić information content (AvgIpc) is 3.93. The van der Waals surface area contributed by atoms with Gasteiger partial charge in [0.2, 0.25) is 27.8 Å². The van der Waals surface area contributed by atoms with Crippen molar-refractivity contribution in [3.05, 3.63) is 83.0 Å². The molecule has 0 radical (unpaired) electrons. The second-order valence-corrected chi connectivity index (χ2v) is 14.7. The molecule has 0 saturated heterocycles. The molecule has 19 nitrogen and oxygen atoms in total. The number of allylic oxidation sites excluding steroid dienone is 2. The second kappa shape index (κ2) is 16.8. The Kier molecular flexibility index (Phi) is 11.9. The van der Waals surface area contributed by atoms with E-state index < -0.39 is 27.7 Å². The van der Waals surface area contributed by atoms with Gasteiger partial charge in [0.05, 0.1) is 39.4 Å². The molecule has 3 amide bonds. The number of aryl methyl sites for hydroxylation is 4. The summed E-state index contributed by atoms with van der Waals surface area (Å²) in [5.41, 5.74) is 9.61. The molecule has 0 aliphatic rings. The number of rotatable bonds is 17. The number of fused-ring (bicyclic) bond motifs is 2. The molecule has 6 rings (SSSR count). The summed E-state index contributed by atoms with van der Waals surface area (Å²) >= 11 is 0. The highest BCUT2D eigenvalue weighted by molar-refractivity contribution is 7.89. The van der Waals surface area contributed by atoms with E-state index in [0.29, 0.717) is 83.3 Å². The van der Waals surface area contributed by atoms with Crippen LogP contribution in [0.3, 0.4) is 0 Å². The summed E-state index contributed by atoms with van der Waals surface area (Å²) < 4.78 is 37.2. The predicted molar refractivity (Wildman–Crippen MR) is 214 cm³/mol. The van der Waals surface area contributed by atoms with Gasteiger partial charge >= 0.3 is 0 Å². The van der Waals surface area contributed by atoms with Gasteiger partial charge in [0, 0.05) is 31.7 Å². The van der Waals surface area contributed by atoms with Crippen molar-refractivity contribution in [1.29, 1.82) is 0 Å². The Balaban J connectivity index is 1.38. The summed E-state index contributed by atoms with van der Waals surface area (Å²) in [6.07, 6.45) is 4.33. The van der Waals surface area contributed by atoms with Gasteiger partial charge in [0.15, 0.2) is 0 Å². The summed E-state index contributed by atoms with van der Waals surface area (Å²) in [6, 6.07) is 10.7. The number of anilines is 2. The van der Waals surface area contributed by atoms with Gasteiger partial charge in [-0.05, 0) is 90.2 Å². The van der Waals surface area contributed by atoms with Crippen LogP contribution in [-0.4, -0.2) is 85.0 Å². The van der Waals surface area contributed by atoms with Gasteiger partial charge in [0.25, 0.3) is 11.8 Å². The number of primary sulfonamides is 1. The molecule has 0 aliphatic carbocycles. The van der Waals surface area contributed by atoms with Crippen molar-refractivity contribution < 1.29 is 27.5 Å². The summed E-state index contributed by atoms with van der Waals surface area (Å²) in [7, 11) is -2.20. The van der Waals surface area contributed by atoms with Crippen LogP contribution in [0.15, 0.2) is 59.5 Å². The Bertz CT molecular complexity index is 2630. The molecule has 0 aliphatic heterocycles. The number of amides is 3. The summed E-state index contributed by atoms with van der Waals surface area (Å²) in [6.45, 7) is 9.64. The molecule has 0 saturated carbocycles. The van der Waals surface area contributed by atoms with Crippen molar-refractivity contribution in [3.63, 3.8) is 0 Å². The van der Waals surface area contributed by atoms with Gasteiger partial charge in [-0.1, -0.05) is 12.2 Å². The van der Waals surface area contributed by atoms with Crippen molar-refractivity contribution in [2.45, 2.75) is 65.2 Å². The van der Waals surface area contributed by atoms with Crippen LogP contribution in [-0.2, 0) is 36.2 Å². The number of imidazole rings is 2. The smallest absolute Gasteiger partial charge is 0.276 e. The van der Waals surface area contributed by atoms with E-state index in [1.165, 1.54) is 12.1 Å². The number of hydrogen-bond donors (Lipinski definition) is 5. The quantitative estimate of drug-likeness (QED) is 0.0662. The van der Waals surface area contributed by atoms with E-state index >= 15 is 0 Å². The van der Waals surface area contributed by atoms with E-state index in [4.69, 9.17) is 20.6 Å². The Morgan fingerprint density at radius 2 is 1.40 bits per heavy atom. The Morgan fingerprint density at radius 1 is 0.825 bits per heavy atom. The number of aromatic nitrogens is 8. The minimum Gasteiger partial charge on any atom is -0.491 e. The molecule has 7 N–H and O–H groups in total. The number of carbonyl (C=O) groups is 3. The first-order valence-electron chi connectivity index (χ1n) is 18.2. The van der Waals surface area contributed by atoms with Gasteiger partial charge in [0.1, 0.15) is 22.7 Å². The van der Waals surface area contributed by atoms with Crippen molar-refractivity contribution >= 4 is 61.7 Å². The van der Waals surface area contributed by atoms with E-state index in [0.717, 1.165) is 0 Å². The Labute approximate surface area is 328 Å². The minimum atomic E-state index is -4.03. The first kappa shape index (κ1) is 40.3. The molecule has 0 fully saturated rings. The highest BCUT2D eigenvalue weighted by Crippen LogP contribution is 2.32. The molecule has 4 aromatic heterocycles. The maximum atomic E-state index is 13.7. The van der Waals surface area contributed by atoms with Crippen LogP contribution in [0.1, 0.15) is 63.0 Å². The molecule has 0 bridgehead atoms. The van der Waals surface area contributed by atoms with Crippen LogP contribution in [0, 0.1) is 13.8 Å². The summed E-state index contributed by atoms with van der Waals surface area (Å²) in [5, 5.41) is 23.0. The number of sulfonamides is 1. The lowest BCUT2D eigenvalue weighted by molar-refractivity contribution is 0.0994. The van der Waals surface area contributed by atoms with E-state index in [2.05, 4.69) is 31.1 Å². The molecule has 0 spiro atoms. The van der Waals surface area contributed by atoms with Gasteiger partial charge < -0.3 is 24.9 Å². The lowest BCUT2D eigenvalue weighted by Crippen LogP contribution is -2.20. The second-order valence-electron chi connectivity index (χ2n) is 13.2. The number of benzene rings is 2. The van der Waals surface area contributed by atoms with E-state index in [9.17, 15) is 22.8 Å². The zero-order valence-electron chi connectivity index (χ0n) is 32.2. The normalized spacial score (nSPS) is 11.9. The maximum absolute atomic E-state index is 13.7. The third-order valence-corrected chi connectivity index (χ3v) is 9.94. The van der Waals surface area contributed by atoms with Crippen molar-refractivity contribution in [1.82, 2.24) is 44.0 Å². The molecule has 20 heteroatoms. The standard InChI is InChI=1S/C37H45N13O6S/c1-6-49-29(17-22(3)45-49)34(52)43-36-41-26-21-25(57(39,54)55)11-12-28(26)47(36)14-8-9-15-48-32-27(19-24(33(38)51)20-31(32)56-16-10-13-40-5)42-37(48)44-35(53)30-18-23(4)46-50(30)7-2/h8-9,11-12,17-21,40H,6-7,10,13-16H2,1-5H3,(H2,38,51)(H2,39,54,55)(H,41,43,52)(H,42,44,53)/b9-8+. The molecule has 6 aromatic rings. The molecular weight excluding hydrogens is 755 g/mol. The predicted octanol–water partition coefficient (Wildman–Crippen LogP) is 2.93. The lowest BCUT2D eigenvalue weighted by Gasteiger charge is -2.13. The number of ether oxygens (including phenoxy) is 1. The van der Waals surface area contributed by atoms with Crippen LogP contribution in [0.25, 0.3) is 22.1 Å². The highest BCUT2D eigenvalue weighted by Gasteiger charge is 2.23. The lowest BCUT2D eigenvalue weighted by atomic mass is 10.1. The number of carbonyl (C=O) groups excluding carboxylic acids is 3. The van der Waals surface area contributed by atoms with E-state index in [-0.39, 0.29) is 35.4 Å². The first-order valence-corrected chi connectivity index (χ1v) is 19.8. The topological polar surface area (TPSA) is 254 Å². The van der Waals surface area contributed by atoms with Gasteiger partial charge in [-0.25, -0.2) is 23.5 Å². The Morgan fingerprint density at radius 3 is 1.96 bits per heavy atom. The minimum absolute atomic E-state index is 0.130. The molecular formula is C37H45N13O6S. The van der Waals surface area contributed by atoms with E-state index in [1.807, 2.05) is 33.0 Å². The first-order chi connectivity index (χ1) is 27.2. The fourth-order valence-electron chi connectivity index (χ4n) is 6.38. The van der Waals surface area contributed by atoms with Crippen LogP contribution in [0.4, 0.5) is 11.9 Å². The van der Waals surface area contributed by atoms with Crippen molar-refractivity contribution in [3.8, 4) is 5.75 Å². The summed E-state index contributed by atoms with van der Waals surface area (Å²) in [5.74, 6) is -0.859. The van der Waals surface area contributed by atoms with E-state index in [1.54, 1.807) is 62.7 Å². The molecule has 4 heterocycles. The van der Waals surface area contributed by atoms with Gasteiger partial charge in [-0.3, -0.25) is 34.4 Å². The maximum Gasteiger partial charge on any atom is 0.276 e. The van der Waals surface area contributed by atoms with Crippen molar-refractivity contribution in [2.24, 2.45) is 10.9 Å². The number of nitrogens with two attached hydrogens (primary N) is 2. The molecule has 300 valence electrons. The van der Waals surface area contributed by atoms with Crippen LogP contribution < -0.4 is 31.6 Å². The van der Waals surface area contributed by atoms with Gasteiger partial charge in [-0.15, -0.1) is 0 Å². The monoisotopic (exact) mass is 799 g/mol. The zero-order chi connectivity index (χ0) is 41.0. The number of nitrogens with zero attached hydrogens (tertiary/aromatic N) is 8. The van der Waals surface area contributed by atoms with Crippen LogP contribution in [0.5, 0.6) is 5.75 Å². The fourth-order valence-corrected chi connectivity index (χ4v) is 6.92. The third kappa shape index (κ3) is 8.72. The number of hydrogen-bond acceptors (Lipinski definition) is 11. The molecule has 0 atom stereocenters. The van der Waals surface area contributed by atoms with Crippen molar-refractivity contribution in [2.75, 3.05) is 30.8 Å². The third-order valence-electron chi connectivity index (χ3n) is 9.03. The largest absolute Gasteiger partial charge is 0.491 e. The highest BCUT2D eigenvalue weighted by atomic mass is 32.2. The van der Waals surface area contributed by atoms with Crippen LogP contribution >= 0.6 is 0 Å². The fraction of sp³-hybridized carbons (Fsp3) is 0.324. The van der Waals surface area contributed by atoms with Gasteiger partial charge in [-0.2, -0.15) is 10.2 Å².